The summed E-state index contributed by atoms with van der Waals surface area (Å²) in [7, 11) is 0. The summed E-state index contributed by atoms with van der Waals surface area (Å²) in [5.41, 5.74) is 3.20. The van der Waals surface area contributed by atoms with Crippen molar-refractivity contribution < 1.29 is 9.53 Å². The maximum absolute atomic E-state index is 12.2. The fraction of sp³-hybridized carbons (Fsp3) is 0.250. The number of aryl methyl sites for hydroxylation is 1. The highest BCUT2D eigenvalue weighted by atomic mass is 32.1. The molecule has 6 nitrogen and oxygen atoms in total. The number of carbonyl (C=O) groups excluding carboxylic acids is 1. The Hall–Kier alpha value is -2.32. The molecule has 3 rings (SSSR count). The van der Waals surface area contributed by atoms with Crippen LogP contribution >= 0.6 is 22.7 Å². The quantitative estimate of drug-likeness (QED) is 0.694. The molecule has 2 heterocycles. The molecule has 0 saturated carbocycles. The van der Waals surface area contributed by atoms with Crippen LogP contribution in [0, 0.1) is 0 Å². The van der Waals surface area contributed by atoms with Gasteiger partial charge in [-0.25, -0.2) is 4.98 Å². The van der Waals surface area contributed by atoms with Crippen molar-refractivity contribution in [3.05, 3.63) is 51.4 Å². The van der Waals surface area contributed by atoms with Crippen molar-refractivity contribution in [2.45, 2.75) is 26.4 Å². The van der Waals surface area contributed by atoms with E-state index in [-0.39, 0.29) is 5.91 Å². The van der Waals surface area contributed by atoms with Gasteiger partial charge in [0, 0.05) is 17.4 Å². The summed E-state index contributed by atoms with van der Waals surface area (Å²) < 4.78 is 5.63. The first-order valence-electron chi connectivity index (χ1n) is 7.48. The molecule has 24 heavy (non-hydrogen) atoms. The predicted molar refractivity (Wildman–Crippen MR) is 94.7 cm³/mol. The second kappa shape index (κ2) is 7.98. The molecule has 0 aliphatic rings. The third-order valence-electron chi connectivity index (χ3n) is 3.14. The number of nitrogens with zero attached hydrogens (tertiary/aromatic N) is 3. The maximum Gasteiger partial charge on any atom is 0.257 e. The highest BCUT2D eigenvalue weighted by Gasteiger charge is 2.10. The van der Waals surface area contributed by atoms with E-state index < -0.39 is 0 Å². The molecule has 0 atom stereocenters. The van der Waals surface area contributed by atoms with Gasteiger partial charge in [0.1, 0.15) is 17.4 Å². The summed E-state index contributed by atoms with van der Waals surface area (Å²) >= 11 is 2.94. The van der Waals surface area contributed by atoms with Gasteiger partial charge in [0.2, 0.25) is 5.13 Å². The highest BCUT2D eigenvalue weighted by molar-refractivity contribution is 7.15. The van der Waals surface area contributed by atoms with E-state index in [0.29, 0.717) is 23.1 Å². The second-order valence-corrected chi connectivity index (χ2v) is 6.78. The lowest BCUT2D eigenvalue weighted by molar-refractivity contribution is 0.102. The summed E-state index contributed by atoms with van der Waals surface area (Å²) in [6.45, 7) is 2.50. The molecule has 0 bridgehead atoms. The summed E-state index contributed by atoms with van der Waals surface area (Å²) in [6, 6.07) is 6.98. The van der Waals surface area contributed by atoms with E-state index >= 15 is 0 Å². The minimum Gasteiger partial charge on any atom is -0.487 e. The Morgan fingerprint density at radius 3 is 2.79 bits per heavy atom. The monoisotopic (exact) mass is 360 g/mol. The standard InChI is InChI=1S/C16H16N4O2S2/c1-2-3-14-19-20-16(24-14)18-15(21)11-4-6-13(7-5-11)22-8-12-9-23-10-17-12/h4-7,9-10H,2-3,8H2,1H3,(H,18,20,21). The molecule has 0 aliphatic carbocycles. The van der Waals surface area contributed by atoms with Gasteiger partial charge in [0.25, 0.3) is 5.91 Å². The van der Waals surface area contributed by atoms with Crippen LogP contribution in [0.4, 0.5) is 5.13 Å². The predicted octanol–water partition coefficient (Wildman–Crippen LogP) is 3.78. The first-order valence-corrected chi connectivity index (χ1v) is 9.24. The van der Waals surface area contributed by atoms with Crippen molar-refractivity contribution in [2.24, 2.45) is 0 Å². The number of hydrogen-bond acceptors (Lipinski definition) is 7. The Balaban J connectivity index is 1.56. The number of rotatable bonds is 7. The van der Waals surface area contributed by atoms with Crippen molar-refractivity contribution in [3.63, 3.8) is 0 Å². The zero-order valence-corrected chi connectivity index (χ0v) is 14.7. The van der Waals surface area contributed by atoms with Gasteiger partial charge in [-0.3, -0.25) is 10.1 Å². The molecule has 8 heteroatoms. The van der Waals surface area contributed by atoms with Gasteiger partial charge in [-0.15, -0.1) is 21.5 Å². The van der Waals surface area contributed by atoms with Crippen LogP contribution in [0.2, 0.25) is 0 Å². The number of carbonyl (C=O) groups is 1. The van der Waals surface area contributed by atoms with E-state index in [0.717, 1.165) is 23.5 Å². The van der Waals surface area contributed by atoms with Crippen molar-refractivity contribution in [3.8, 4) is 5.75 Å². The molecular formula is C16H16N4O2S2. The van der Waals surface area contributed by atoms with E-state index in [1.807, 2.05) is 5.38 Å². The average Bonchev–Trinajstić information content (AvgIpc) is 3.26. The van der Waals surface area contributed by atoms with Crippen LogP contribution in [0.15, 0.2) is 35.2 Å². The normalized spacial score (nSPS) is 10.5. The van der Waals surface area contributed by atoms with Crippen molar-refractivity contribution >= 4 is 33.7 Å². The van der Waals surface area contributed by atoms with E-state index in [1.165, 1.54) is 22.7 Å². The van der Waals surface area contributed by atoms with Gasteiger partial charge >= 0.3 is 0 Å². The zero-order chi connectivity index (χ0) is 16.8. The lowest BCUT2D eigenvalue weighted by atomic mass is 10.2. The van der Waals surface area contributed by atoms with E-state index in [9.17, 15) is 4.79 Å². The summed E-state index contributed by atoms with van der Waals surface area (Å²) in [4.78, 5) is 16.4. The van der Waals surface area contributed by atoms with Crippen LogP contribution in [0.5, 0.6) is 5.75 Å². The molecule has 2 aromatic heterocycles. The largest absolute Gasteiger partial charge is 0.487 e. The minimum absolute atomic E-state index is 0.208. The van der Waals surface area contributed by atoms with E-state index in [2.05, 4.69) is 27.4 Å². The van der Waals surface area contributed by atoms with Gasteiger partial charge in [-0.05, 0) is 30.7 Å². The van der Waals surface area contributed by atoms with E-state index in [1.54, 1.807) is 29.8 Å². The third kappa shape index (κ3) is 4.36. The molecule has 0 spiro atoms. The molecule has 124 valence electrons. The van der Waals surface area contributed by atoms with Crippen LogP contribution in [-0.2, 0) is 13.0 Å². The second-order valence-electron chi connectivity index (χ2n) is 5.00. The molecule has 0 unspecified atom stereocenters. The molecule has 1 amide bonds. The molecule has 3 aromatic rings. The number of amides is 1. The summed E-state index contributed by atoms with van der Waals surface area (Å²) in [5, 5.41) is 14.2. The molecule has 0 radical (unpaired) electrons. The Bertz CT molecular complexity index is 785. The topological polar surface area (TPSA) is 77.0 Å². The van der Waals surface area contributed by atoms with Gasteiger partial charge in [-0.1, -0.05) is 18.3 Å². The Kier molecular flexibility index (Phi) is 5.50. The van der Waals surface area contributed by atoms with Gasteiger partial charge in [0.15, 0.2) is 0 Å². The third-order valence-corrected chi connectivity index (χ3v) is 4.67. The van der Waals surface area contributed by atoms with Crippen LogP contribution in [0.25, 0.3) is 0 Å². The Labute approximate surface area is 147 Å². The average molecular weight is 360 g/mol. The highest BCUT2D eigenvalue weighted by Crippen LogP contribution is 2.19. The molecule has 0 saturated heterocycles. The molecule has 1 N–H and O–H groups in total. The smallest absolute Gasteiger partial charge is 0.257 e. The number of hydrogen-bond donors (Lipinski definition) is 1. The Morgan fingerprint density at radius 1 is 1.25 bits per heavy atom. The van der Waals surface area contributed by atoms with Crippen LogP contribution in [-0.4, -0.2) is 21.1 Å². The SMILES string of the molecule is CCCc1nnc(NC(=O)c2ccc(OCc3cscn3)cc2)s1. The van der Waals surface area contributed by atoms with Crippen LogP contribution in [0.1, 0.15) is 34.4 Å². The lowest BCUT2D eigenvalue weighted by Gasteiger charge is -2.05. The number of thiazole rings is 1. The molecule has 0 aliphatic heterocycles. The first-order chi connectivity index (χ1) is 11.7. The van der Waals surface area contributed by atoms with Gasteiger partial charge < -0.3 is 4.74 Å². The van der Waals surface area contributed by atoms with Crippen LogP contribution in [0.3, 0.4) is 0 Å². The van der Waals surface area contributed by atoms with Gasteiger partial charge in [-0.2, -0.15) is 0 Å². The maximum atomic E-state index is 12.2. The van der Waals surface area contributed by atoms with Crippen LogP contribution < -0.4 is 10.1 Å². The van der Waals surface area contributed by atoms with Gasteiger partial charge in [0.05, 0.1) is 11.2 Å². The molecule has 0 fully saturated rings. The number of benzene rings is 1. The first kappa shape index (κ1) is 16.5. The van der Waals surface area contributed by atoms with E-state index in [4.69, 9.17) is 4.74 Å². The summed E-state index contributed by atoms with van der Waals surface area (Å²) in [6.07, 6.45) is 1.88. The fourth-order valence-corrected chi connectivity index (χ4v) is 3.34. The minimum atomic E-state index is -0.208. The Morgan fingerprint density at radius 2 is 2.08 bits per heavy atom. The number of nitrogens with one attached hydrogen (secondary N) is 1. The lowest BCUT2D eigenvalue weighted by Crippen LogP contribution is -2.11. The van der Waals surface area contributed by atoms with Crippen molar-refractivity contribution in [1.29, 1.82) is 0 Å². The zero-order valence-electron chi connectivity index (χ0n) is 13.1. The number of ether oxygens (including phenoxy) is 1. The molecule has 1 aromatic carbocycles. The molecular weight excluding hydrogens is 344 g/mol. The fourth-order valence-electron chi connectivity index (χ4n) is 1.96. The van der Waals surface area contributed by atoms with Crippen molar-refractivity contribution in [2.75, 3.05) is 5.32 Å². The van der Waals surface area contributed by atoms with Crippen molar-refractivity contribution in [1.82, 2.24) is 15.2 Å². The number of aromatic nitrogens is 3. The number of anilines is 1. The summed E-state index contributed by atoms with van der Waals surface area (Å²) in [5.74, 6) is 0.487.